The third-order valence-corrected chi connectivity index (χ3v) is 0. The van der Waals surface area contributed by atoms with Crippen LogP contribution in [0.2, 0.25) is 0 Å². The molecular weight excluding hydrogens is 519 g/mol. The molecule has 0 saturated carbocycles. The molecule has 0 aromatic heterocycles. The Morgan fingerprint density at radius 2 is 1.00 bits per heavy atom. The van der Waals surface area contributed by atoms with Crippen molar-refractivity contribution in [3.05, 3.63) is 0 Å². The molecule has 0 spiro atoms. The van der Waals surface area contributed by atoms with Crippen molar-refractivity contribution in [1.29, 1.82) is 0 Å². The molecule has 0 nitrogen and oxygen atoms in total. The van der Waals surface area contributed by atoms with Crippen LogP contribution in [-0.4, -0.2) is 35.0 Å². The zero-order chi connectivity index (χ0) is 0. The summed E-state index contributed by atoms with van der Waals surface area (Å²) in [7, 11) is 0. The molecule has 0 bridgehead atoms. The van der Waals surface area contributed by atoms with Gasteiger partial charge in [0.05, 0.1) is 0 Å². The van der Waals surface area contributed by atoms with E-state index in [9.17, 15) is 0 Å². The van der Waals surface area contributed by atoms with Crippen LogP contribution >= 0.6 is 0 Å². The van der Waals surface area contributed by atoms with Gasteiger partial charge in [-0.25, -0.2) is 0 Å². The van der Waals surface area contributed by atoms with E-state index in [1.165, 1.54) is 0 Å². The fraction of sp³-hybridized carbons (Fsp3) is 0. The minimum absolute atomic E-state index is 0. The molecule has 5 heavy (non-hydrogen) atoms. The van der Waals surface area contributed by atoms with Crippen LogP contribution in [0.3, 0.4) is 0 Å². The molecule has 0 aliphatic rings. The molecule has 0 amide bonds. The van der Waals surface area contributed by atoms with E-state index >= 15 is 0 Å². The maximum absolute atomic E-state index is 0. The first-order chi connectivity index (χ1) is 0. The van der Waals surface area contributed by atoms with Gasteiger partial charge in [-0.05, 0) is 0 Å². The molecule has 0 aliphatic carbocycles. The van der Waals surface area contributed by atoms with Crippen molar-refractivity contribution in [2.75, 3.05) is 0 Å². The third-order valence-electron chi connectivity index (χ3n) is 0. The molecule has 0 radical (unpaired) electrons. The Kier molecular flexibility index (Phi) is 204. The van der Waals surface area contributed by atoms with Gasteiger partial charge >= 0.3 is 35.0 Å². The first-order valence-corrected chi connectivity index (χ1v) is 0. The molecule has 0 aromatic rings. The van der Waals surface area contributed by atoms with Crippen LogP contribution in [-0.2, 0) is 72.3 Å². The zero-order valence-electron chi connectivity index (χ0n) is 3.03. The number of hydrogen-bond donors (Lipinski definition) is 0. The van der Waals surface area contributed by atoms with Gasteiger partial charge in [-0.15, -0.1) is 0 Å². The van der Waals surface area contributed by atoms with Gasteiger partial charge in [0.2, 0.25) is 0 Å². The molecule has 0 saturated heterocycles. The Labute approximate surface area is 105 Å². The SMILES string of the molecule is [AsH3].[Cd].[Cr].[Hg].[SeH2]. The molecule has 0 aromatic carbocycles. The fourth-order valence-corrected chi connectivity index (χ4v) is 0. The second-order valence-corrected chi connectivity index (χ2v) is 0. The Hall–Kier alpha value is 3.47. The molecular formula is H5AsCdCrHgSe. The van der Waals surface area contributed by atoms with E-state index in [0.29, 0.717) is 0 Å². The van der Waals surface area contributed by atoms with Crippen molar-refractivity contribution in [3.63, 3.8) is 0 Å². The minimum atomic E-state index is 0. The summed E-state index contributed by atoms with van der Waals surface area (Å²) in [5, 5.41) is 0. The monoisotopic (exact) mass is 528 g/mol. The molecule has 0 N–H and O–H groups in total. The van der Waals surface area contributed by atoms with Gasteiger partial charge in [0.25, 0.3) is 0 Å². The van der Waals surface area contributed by atoms with Crippen LogP contribution in [0.15, 0.2) is 0 Å². The van der Waals surface area contributed by atoms with Crippen molar-refractivity contribution in [2.45, 2.75) is 0 Å². The summed E-state index contributed by atoms with van der Waals surface area (Å²) < 4.78 is 0. The van der Waals surface area contributed by atoms with E-state index in [0.717, 1.165) is 0 Å². The normalized spacial score (nSPS) is 0. The summed E-state index contributed by atoms with van der Waals surface area (Å²) >= 11 is 0. The molecule has 0 rings (SSSR count). The molecule has 0 fully saturated rings. The predicted molar refractivity (Wildman–Crippen MR) is 18.5 cm³/mol. The van der Waals surface area contributed by atoms with E-state index in [1.54, 1.807) is 0 Å². The van der Waals surface area contributed by atoms with Gasteiger partial charge in [0.15, 0.2) is 0 Å². The summed E-state index contributed by atoms with van der Waals surface area (Å²) in [4.78, 5) is 0. The van der Waals surface area contributed by atoms with Crippen LogP contribution in [0.5, 0.6) is 0 Å². The standard InChI is InChI=1S/AsH3.Cd.Cr.Hg.H2Se/h1H3;;;;1H2. The molecule has 0 aliphatic heterocycles. The van der Waals surface area contributed by atoms with E-state index in [-0.39, 0.29) is 107 Å². The van der Waals surface area contributed by atoms with Crippen molar-refractivity contribution < 1.29 is 72.3 Å². The van der Waals surface area contributed by atoms with E-state index < -0.39 is 0 Å². The van der Waals surface area contributed by atoms with Gasteiger partial charge in [-0.2, -0.15) is 0 Å². The quantitative estimate of drug-likeness (QED) is 0.319. The second-order valence-electron chi connectivity index (χ2n) is 0. The molecule has 0 heterocycles. The van der Waals surface area contributed by atoms with E-state index in [1.807, 2.05) is 0 Å². The Morgan fingerprint density at radius 1 is 1.00 bits per heavy atom. The number of hydrogen-bond acceptors (Lipinski definition) is 0. The summed E-state index contributed by atoms with van der Waals surface area (Å²) in [6, 6.07) is 0. The average molecular weight is 524 g/mol. The first-order valence-electron chi connectivity index (χ1n) is 0. The molecule has 1 atom stereocenters. The van der Waals surface area contributed by atoms with Gasteiger partial charge < -0.3 is 0 Å². The average Bonchev–Trinajstić information content (AvgIpc) is 0. The van der Waals surface area contributed by atoms with Crippen LogP contribution < -0.4 is 0 Å². The second kappa shape index (κ2) is 26.0. The Bertz CT molecular complexity index is 11.6. The summed E-state index contributed by atoms with van der Waals surface area (Å²) in [6.45, 7) is 0. The Balaban J connectivity index is 0. The molecule has 5 heteroatoms. The first kappa shape index (κ1) is 39.3. The van der Waals surface area contributed by atoms with Gasteiger partial charge in [0, 0.05) is 72.3 Å². The number of rotatable bonds is 0. The fourth-order valence-electron chi connectivity index (χ4n) is 0. The zero-order valence-corrected chi connectivity index (χ0v) is 18.9. The summed E-state index contributed by atoms with van der Waals surface area (Å²) in [5.74, 6) is 0. The van der Waals surface area contributed by atoms with Crippen LogP contribution in [0.25, 0.3) is 0 Å². The van der Waals surface area contributed by atoms with Gasteiger partial charge in [-0.3, -0.25) is 0 Å². The van der Waals surface area contributed by atoms with Crippen molar-refractivity contribution in [3.8, 4) is 0 Å². The van der Waals surface area contributed by atoms with Crippen LogP contribution in [0.1, 0.15) is 0 Å². The van der Waals surface area contributed by atoms with Crippen LogP contribution in [0.4, 0.5) is 0 Å². The van der Waals surface area contributed by atoms with Crippen molar-refractivity contribution in [2.24, 2.45) is 0 Å². The summed E-state index contributed by atoms with van der Waals surface area (Å²) in [6.07, 6.45) is 0. The topological polar surface area (TPSA) is 0 Å². The van der Waals surface area contributed by atoms with Gasteiger partial charge in [-0.1, -0.05) is 0 Å². The predicted octanol–water partition coefficient (Wildman–Crippen LogP) is -2.11. The van der Waals surface area contributed by atoms with E-state index in [2.05, 4.69) is 0 Å². The van der Waals surface area contributed by atoms with Crippen LogP contribution in [0, 0.1) is 0 Å². The van der Waals surface area contributed by atoms with Crippen molar-refractivity contribution >= 4 is 35.0 Å². The van der Waals surface area contributed by atoms with E-state index in [4.69, 9.17) is 0 Å². The molecule has 26 valence electrons. The van der Waals surface area contributed by atoms with Gasteiger partial charge in [0.1, 0.15) is 0 Å². The van der Waals surface area contributed by atoms with Crippen molar-refractivity contribution in [1.82, 2.24) is 0 Å². The third kappa shape index (κ3) is 18.6. The summed E-state index contributed by atoms with van der Waals surface area (Å²) in [5.41, 5.74) is 0. The molecule has 1 unspecified atom stereocenters. The maximum atomic E-state index is 0. The Morgan fingerprint density at radius 3 is 1.00 bits per heavy atom.